The highest BCUT2D eigenvalue weighted by Gasteiger charge is 2.20. The molecule has 3 rings (SSSR count). The molecule has 1 saturated heterocycles. The summed E-state index contributed by atoms with van der Waals surface area (Å²) < 4.78 is 2.06. The molecule has 2 aromatic heterocycles. The fourth-order valence-electron chi connectivity index (χ4n) is 2.52. The van der Waals surface area contributed by atoms with E-state index >= 15 is 0 Å². The van der Waals surface area contributed by atoms with Crippen molar-refractivity contribution in [2.24, 2.45) is 0 Å². The molecular weight excluding hydrogens is 212 g/mol. The lowest BCUT2D eigenvalue weighted by Crippen LogP contribution is -2.29. The molecule has 3 heterocycles. The van der Waals surface area contributed by atoms with E-state index in [1.807, 2.05) is 18.3 Å². The molecule has 0 saturated carbocycles. The summed E-state index contributed by atoms with van der Waals surface area (Å²) in [4.78, 5) is 7.07. The fraction of sp³-hybridized carbons (Fsp3) is 0.462. The van der Waals surface area contributed by atoms with E-state index in [9.17, 15) is 0 Å². The van der Waals surface area contributed by atoms with Crippen LogP contribution in [0.1, 0.15) is 24.5 Å². The van der Waals surface area contributed by atoms with E-state index in [1.54, 1.807) is 0 Å². The van der Waals surface area contributed by atoms with Crippen LogP contribution in [-0.4, -0.2) is 34.4 Å². The van der Waals surface area contributed by atoms with Crippen molar-refractivity contribution in [3.8, 4) is 0 Å². The lowest BCUT2D eigenvalue weighted by Gasteiger charge is -2.27. The van der Waals surface area contributed by atoms with E-state index in [0.717, 1.165) is 11.3 Å². The largest absolute Gasteiger partial charge is 0.399 e. The van der Waals surface area contributed by atoms with Crippen molar-refractivity contribution in [1.29, 1.82) is 0 Å². The summed E-state index contributed by atoms with van der Waals surface area (Å²) in [6, 6.07) is 3.84. The highest BCUT2D eigenvalue weighted by Crippen LogP contribution is 2.27. The Morgan fingerprint density at radius 3 is 2.88 bits per heavy atom. The van der Waals surface area contributed by atoms with Gasteiger partial charge in [-0.1, -0.05) is 0 Å². The molecule has 0 atom stereocenters. The van der Waals surface area contributed by atoms with Crippen LogP contribution in [0.4, 0.5) is 5.69 Å². The van der Waals surface area contributed by atoms with Gasteiger partial charge in [-0.15, -0.1) is 0 Å². The second-order valence-corrected chi connectivity index (χ2v) is 4.97. The summed E-state index contributed by atoms with van der Waals surface area (Å²) in [5, 5.41) is 0. The number of imidazole rings is 1. The van der Waals surface area contributed by atoms with Crippen LogP contribution in [0.2, 0.25) is 0 Å². The number of pyridine rings is 1. The van der Waals surface area contributed by atoms with Crippen molar-refractivity contribution in [2.75, 3.05) is 25.9 Å². The standard InChI is InChI=1S/C13H18N4/c1-16-5-2-10(3-6-16)12-9-17-7-4-11(14)8-13(17)15-12/h4,7-10H,2-3,5-6,14H2,1H3. The summed E-state index contributed by atoms with van der Waals surface area (Å²) in [5.74, 6) is 0.604. The van der Waals surface area contributed by atoms with Gasteiger partial charge in [0.05, 0.1) is 5.69 Å². The topological polar surface area (TPSA) is 46.6 Å². The third kappa shape index (κ3) is 2.00. The zero-order chi connectivity index (χ0) is 11.8. The highest BCUT2D eigenvalue weighted by molar-refractivity contribution is 5.52. The number of hydrogen-bond acceptors (Lipinski definition) is 3. The smallest absolute Gasteiger partial charge is 0.139 e. The molecule has 1 fully saturated rings. The zero-order valence-electron chi connectivity index (χ0n) is 10.1. The van der Waals surface area contributed by atoms with Gasteiger partial charge in [-0.25, -0.2) is 4.98 Å². The summed E-state index contributed by atoms with van der Waals surface area (Å²) in [7, 11) is 2.18. The van der Waals surface area contributed by atoms with Gasteiger partial charge in [-0.2, -0.15) is 0 Å². The third-order valence-electron chi connectivity index (χ3n) is 3.64. The first-order valence-corrected chi connectivity index (χ1v) is 6.15. The van der Waals surface area contributed by atoms with E-state index in [4.69, 9.17) is 5.73 Å². The molecular formula is C13H18N4. The molecule has 90 valence electrons. The van der Waals surface area contributed by atoms with Gasteiger partial charge in [-0.05, 0) is 39.0 Å². The lowest BCUT2D eigenvalue weighted by atomic mass is 9.94. The van der Waals surface area contributed by atoms with Gasteiger partial charge >= 0.3 is 0 Å². The summed E-state index contributed by atoms with van der Waals surface area (Å²) in [5.41, 5.74) is 8.71. The Bertz CT molecular complexity index is 523. The fourth-order valence-corrected chi connectivity index (χ4v) is 2.52. The minimum absolute atomic E-state index is 0.604. The quantitative estimate of drug-likeness (QED) is 0.811. The summed E-state index contributed by atoms with van der Waals surface area (Å²) in [6.07, 6.45) is 6.53. The Balaban J connectivity index is 1.90. The molecule has 4 heteroatoms. The molecule has 1 aliphatic heterocycles. The van der Waals surface area contributed by atoms with Gasteiger partial charge in [0, 0.05) is 30.1 Å². The molecule has 0 unspecified atom stereocenters. The van der Waals surface area contributed by atoms with Gasteiger partial charge in [0.15, 0.2) is 0 Å². The molecule has 0 aliphatic carbocycles. The number of aromatic nitrogens is 2. The van der Waals surface area contributed by atoms with Crippen LogP contribution in [0, 0.1) is 0 Å². The number of nitrogens with two attached hydrogens (primary N) is 1. The first-order valence-electron chi connectivity index (χ1n) is 6.15. The van der Waals surface area contributed by atoms with Crippen LogP contribution in [0.15, 0.2) is 24.5 Å². The number of nitrogen functional groups attached to an aromatic ring is 1. The van der Waals surface area contributed by atoms with Crippen LogP contribution >= 0.6 is 0 Å². The molecule has 2 N–H and O–H groups in total. The molecule has 17 heavy (non-hydrogen) atoms. The molecule has 0 spiro atoms. The van der Waals surface area contributed by atoms with Crippen molar-refractivity contribution in [1.82, 2.24) is 14.3 Å². The van der Waals surface area contributed by atoms with Gasteiger partial charge in [-0.3, -0.25) is 0 Å². The van der Waals surface area contributed by atoms with Gasteiger partial charge < -0.3 is 15.0 Å². The summed E-state index contributed by atoms with van der Waals surface area (Å²) >= 11 is 0. The number of fused-ring (bicyclic) bond motifs is 1. The van der Waals surface area contributed by atoms with Crippen LogP contribution in [0.3, 0.4) is 0 Å². The van der Waals surface area contributed by atoms with E-state index in [2.05, 4.69) is 27.5 Å². The molecule has 4 nitrogen and oxygen atoms in total. The predicted molar refractivity (Wildman–Crippen MR) is 69.1 cm³/mol. The first kappa shape index (κ1) is 10.6. The van der Waals surface area contributed by atoms with Crippen LogP contribution < -0.4 is 5.73 Å². The van der Waals surface area contributed by atoms with Crippen molar-refractivity contribution >= 4 is 11.3 Å². The molecule has 0 radical (unpaired) electrons. The first-order chi connectivity index (χ1) is 8.22. The highest BCUT2D eigenvalue weighted by atomic mass is 15.1. The van der Waals surface area contributed by atoms with Gasteiger partial charge in [0.25, 0.3) is 0 Å². The van der Waals surface area contributed by atoms with E-state index in [-0.39, 0.29) is 0 Å². The van der Waals surface area contributed by atoms with E-state index in [1.165, 1.54) is 31.6 Å². The number of likely N-dealkylation sites (tertiary alicyclic amines) is 1. The Morgan fingerprint density at radius 2 is 2.12 bits per heavy atom. The Kier molecular flexibility index (Phi) is 2.52. The van der Waals surface area contributed by atoms with Gasteiger partial charge in [0.1, 0.15) is 5.65 Å². The van der Waals surface area contributed by atoms with Crippen LogP contribution in [0.5, 0.6) is 0 Å². The molecule has 0 amide bonds. The van der Waals surface area contributed by atoms with E-state index in [0.29, 0.717) is 5.92 Å². The van der Waals surface area contributed by atoms with Crippen LogP contribution in [0.25, 0.3) is 5.65 Å². The molecule has 2 aromatic rings. The summed E-state index contributed by atoms with van der Waals surface area (Å²) in [6.45, 7) is 2.33. The maximum absolute atomic E-state index is 5.77. The second kappa shape index (κ2) is 4.04. The van der Waals surface area contributed by atoms with Crippen LogP contribution in [-0.2, 0) is 0 Å². The number of rotatable bonds is 1. The van der Waals surface area contributed by atoms with Gasteiger partial charge in [0.2, 0.25) is 0 Å². The second-order valence-electron chi connectivity index (χ2n) is 4.97. The van der Waals surface area contributed by atoms with E-state index < -0.39 is 0 Å². The maximum Gasteiger partial charge on any atom is 0.139 e. The molecule has 0 aromatic carbocycles. The number of piperidine rings is 1. The number of nitrogens with zero attached hydrogens (tertiary/aromatic N) is 3. The van der Waals surface area contributed by atoms with Crippen molar-refractivity contribution in [2.45, 2.75) is 18.8 Å². The number of anilines is 1. The average molecular weight is 230 g/mol. The number of hydrogen-bond donors (Lipinski definition) is 1. The SMILES string of the molecule is CN1CCC(c2cn3ccc(N)cc3n2)CC1. The Labute approximate surface area is 101 Å². The average Bonchev–Trinajstić information content (AvgIpc) is 2.72. The normalized spacial score (nSPS) is 18.9. The Morgan fingerprint density at radius 1 is 1.35 bits per heavy atom. The zero-order valence-corrected chi connectivity index (χ0v) is 10.1. The maximum atomic E-state index is 5.77. The third-order valence-corrected chi connectivity index (χ3v) is 3.64. The molecule has 1 aliphatic rings. The minimum Gasteiger partial charge on any atom is -0.399 e. The van der Waals surface area contributed by atoms with Crippen molar-refractivity contribution < 1.29 is 0 Å². The lowest BCUT2D eigenvalue weighted by molar-refractivity contribution is 0.253. The van der Waals surface area contributed by atoms with Crippen molar-refractivity contribution in [3.05, 3.63) is 30.2 Å². The monoisotopic (exact) mass is 230 g/mol. The Hall–Kier alpha value is -1.55. The molecule has 0 bridgehead atoms. The predicted octanol–water partition coefficient (Wildman–Crippen LogP) is 1.73. The minimum atomic E-state index is 0.604. The van der Waals surface area contributed by atoms with Crippen molar-refractivity contribution in [3.63, 3.8) is 0 Å².